The number of amides is 7. The minimum Gasteiger partial charge on any atom is -0.379 e. The Bertz CT molecular complexity index is 1760. The standard InChI is InChI=1S/C51H84N6O9/c1-14-34(8)45(40(65-12)30-43(60)56-27-21-24-39(56)47(66-13)36(10)48(61)52-38(31(2)3)29-37-22-17-15-18-23-37)54-49(62)44(32(4)5)53-50(63)46(33(6)7)55(11)41(58)25-19-16-20-26-57-42(59)28-35(9)51(57)64/h15,17-18,22-23,31-36,38-40,44-47H,14,16,19-21,24-30H2,1-13H3,(H,52,61)(H,53,63)(H,54,62)/t34-,35?,36+,38?,39-,40+,44-,45-,46-,47+/m0/s1. The fraction of sp³-hybridized carbons (Fsp3) is 0.745. The van der Waals surface area contributed by atoms with E-state index in [0.29, 0.717) is 51.6 Å². The molecular weight excluding hydrogens is 841 g/mol. The highest BCUT2D eigenvalue weighted by Crippen LogP contribution is 2.29. The van der Waals surface area contributed by atoms with Crippen molar-refractivity contribution in [3.05, 3.63) is 35.9 Å². The first-order chi connectivity index (χ1) is 31.2. The Labute approximate surface area is 395 Å². The number of nitrogens with zero attached hydrogens (tertiary/aromatic N) is 3. The van der Waals surface area contributed by atoms with Crippen LogP contribution in [0.15, 0.2) is 30.3 Å². The van der Waals surface area contributed by atoms with Gasteiger partial charge in [-0.1, -0.05) is 112 Å². The number of methoxy groups -OCH3 is 2. The number of likely N-dealkylation sites (N-methyl/N-ethyl adjacent to an activating group) is 1. The number of hydrogen-bond donors (Lipinski definition) is 3. The third kappa shape index (κ3) is 15.3. The molecule has 3 rings (SSSR count). The van der Waals surface area contributed by atoms with Gasteiger partial charge in [0, 0.05) is 59.2 Å². The monoisotopic (exact) mass is 925 g/mol. The summed E-state index contributed by atoms with van der Waals surface area (Å²) in [6.45, 7) is 20.0. The molecule has 15 heteroatoms. The molecule has 0 bridgehead atoms. The lowest BCUT2D eigenvalue weighted by molar-refractivity contribution is -0.143. The number of imide groups is 1. The van der Waals surface area contributed by atoms with E-state index in [0.717, 1.165) is 12.0 Å². The average Bonchev–Trinajstić information content (AvgIpc) is 3.85. The van der Waals surface area contributed by atoms with Gasteiger partial charge in [0.15, 0.2) is 0 Å². The molecule has 0 aliphatic carbocycles. The molecule has 2 heterocycles. The van der Waals surface area contributed by atoms with Gasteiger partial charge in [0.2, 0.25) is 41.4 Å². The van der Waals surface area contributed by atoms with Crippen LogP contribution in [0.1, 0.15) is 133 Å². The maximum atomic E-state index is 14.3. The van der Waals surface area contributed by atoms with Gasteiger partial charge in [-0.2, -0.15) is 0 Å². The number of unbranched alkanes of at least 4 members (excludes halogenated alkanes) is 2. The second kappa shape index (κ2) is 26.8. The van der Waals surface area contributed by atoms with Crippen molar-refractivity contribution in [2.24, 2.45) is 35.5 Å². The summed E-state index contributed by atoms with van der Waals surface area (Å²) in [5, 5.41) is 9.38. The summed E-state index contributed by atoms with van der Waals surface area (Å²) in [6, 6.07) is 7.32. The molecule has 2 aliphatic heterocycles. The average molecular weight is 925 g/mol. The molecule has 1 aromatic carbocycles. The third-order valence-electron chi connectivity index (χ3n) is 14.0. The van der Waals surface area contributed by atoms with Crippen molar-refractivity contribution in [2.45, 2.75) is 176 Å². The summed E-state index contributed by atoms with van der Waals surface area (Å²) >= 11 is 0. The van der Waals surface area contributed by atoms with E-state index in [1.165, 1.54) is 16.9 Å². The van der Waals surface area contributed by atoms with Gasteiger partial charge in [0.25, 0.3) is 0 Å². The molecule has 2 fully saturated rings. The summed E-state index contributed by atoms with van der Waals surface area (Å²) in [5.41, 5.74) is 1.14. The second-order valence-corrected chi connectivity index (χ2v) is 20.0. The molecule has 372 valence electrons. The first-order valence-corrected chi connectivity index (χ1v) is 24.6. The molecular formula is C51H84N6O9. The Morgan fingerprint density at radius 2 is 1.48 bits per heavy atom. The topological polar surface area (TPSA) is 184 Å². The quantitative estimate of drug-likeness (QED) is 0.0755. The van der Waals surface area contributed by atoms with Crippen molar-refractivity contribution in [3.8, 4) is 0 Å². The van der Waals surface area contributed by atoms with E-state index in [4.69, 9.17) is 9.47 Å². The van der Waals surface area contributed by atoms with E-state index in [-0.39, 0.29) is 90.5 Å². The molecule has 15 nitrogen and oxygen atoms in total. The van der Waals surface area contributed by atoms with Crippen LogP contribution in [0.2, 0.25) is 0 Å². The van der Waals surface area contributed by atoms with Gasteiger partial charge < -0.3 is 35.2 Å². The predicted molar refractivity (Wildman–Crippen MR) is 256 cm³/mol. The summed E-state index contributed by atoms with van der Waals surface area (Å²) in [7, 11) is 4.72. The summed E-state index contributed by atoms with van der Waals surface area (Å²) in [4.78, 5) is 98.7. The molecule has 2 aliphatic rings. The van der Waals surface area contributed by atoms with Gasteiger partial charge in [-0.3, -0.25) is 38.5 Å². The Morgan fingerprint density at radius 3 is 2.03 bits per heavy atom. The van der Waals surface area contributed by atoms with Crippen molar-refractivity contribution in [3.63, 3.8) is 0 Å². The van der Waals surface area contributed by atoms with E-state index < -0.39 is 48.1 Å². The zero-order chi connectivity index (χ0) is 49.4. The van der Waals surface area contributed by atoms with E-state index in [1.807, 2.05) is 71.6 Å². The number of carbonyl (C=O) groups excluding carboxylic acids is 7. The van der Waals surface area contributed by atoms with Crippen LogP contribution in [0.3, 0.4) is 0 Å². The molecule has 0 saturated carbocycles. The number of carbonyl (C=O) groups is 7. The molecule has 0 radical (unpaired) electrons. The van der Waals surface area contributed by atoms with E-state index in [9.17, 15) is 33.6 Å². The normalized spacial score (nSPS) is 20.2. The molecule has 10 atom stereocenters. The molecule has 2 unspecified atom stereocenters. The highest BCUT2D eigenvalue weighted by Gasteiger charge is 2.43. The molecule has 66 heavy (non-hydrogen) atoms. The van der Waals surface area contributed by atoms with Crippen LogP contribution in [0.4, 0.5) is 0 Å². The smallest absolute Gasteiger partial charge is 0.243 e. The SMILES string of the molecule is CC[C@H](C)[C@H](NC(=O)[C@@H](NC(=O)[C@H](C(C)C)N(C)C(=O)CCCCCN1C(=O)CC(C)C1=O)C(C)C)[C@@H](CC(=O)N1CCC[C@H]1[C@H](OC)[C@@H](C)C(=O)NC(Cc1ccccc1)C(C)C)OC. The fourth-order valence-corrected chi connectivity index (χ4v) is 9.52. The molecule has 3 N–H and O–H groups in total. The summed E-state index contributed by atoms with van der Waals surface area (Å²) < 4.78 is 12.0. The first-order valence-electron chi connectivity index (χ1n) is 24.6. The fourth-order valence-electron chi connectivity index (χ4n) is 9.52. The molecule has 0 aromatic heterocycles. The summed E-state index contributed by atoms with van der Waals surface area (Å²) in [5.74, 6) is -2.95. The maximum Gasteiger partial charge on any atom is 0.243 e. The second-order valence-electron chi connectivity index (χ2n) is 20.0. The number of hydrogen-bond acceptors (Lipinski definition) is 9. The zero-order valence-electron chi connectivity index (χ0n) is 42.4. The van der Waals surface area contributed by atoms with Gasteiger partial charge in [-0.15, -0.1) is 0 Å². The summed E-state index contributed by atoms with van der Waals surface area (Å²) in [6.07, 6.45) is 3.78. The number of rotatable bonds is 27. The number of nitrogens with one attached hydrogen (secondary N) is 3. The minimum atomic E-state index is -0.943. The van der Waals surface area contributed by atoms with Gasteiger partial charge in [0.05, 0.1) is 36.6 Å². The lowest BCUT2D eigenvalue weighted by Crippen LogP contribution is -2.60. The largest absolute Gasteiger partial charge is 0.379 e. The van der Waals surface area contributed by atoms with E-state index >= 15 is 0 Å². The number of benzene rings is 1. The van der Waals surface area contributed by atoms with Crippen LogP contribution in [-0.2, 0) is 49.5 Å². The highest BCUT2D eigenvalue weighted by molar-refractivity contribution is 6.03. The van der Waals surface area contributed by atoms with Gasteiger partial charge in [-0.05, 0) is 61.3 Å². The Morgan fingerprint density at radius 1 is 0.818 bits per heavy atom. The first kappa shape index (κ1) is 56.0. The van der Waals surface area contributed by atoms with E-state index in [1.54, 1.807) is 21.1 Å². The van der Waals surface area contributed by atoms with Crippen LogP contribution in [0.5, 0.6) is 0 Å². The number of likely N-dealkylation sites (tertiary alicyclic amines) is 2. The molecule has 7 amide bonds. The molecule has 1 aromatic rings. The zero-order valence-corrected chi connectivity index (χ0v) is 42.4. The van der Waals surface area contributed by atoms with Crippen LogP contribution in [-0.4, -0.2) is 133 Å². The van der Waals surface area contributed by atoms with Gasteiger partial charge in [-0.25, -0.2) is 0 Å². The van der Waals surface area contributed by atoms with Gasteiger partial charge >= 0.3 is 0 Å². The van der Waals surface area contributed by atoms with Crippen LogP contribution in [0, 0.1) is 35.5 Å². The lowest BCUT2D eigenvalue weighted by Gasteiger charge is -2.37. The molecule has 0 spiro atoms. The van der Waals surface area contributed by atoms with Gasteiger partial charge in [0.1, 0.15) is 12.1 Å². The van der Waals surface area contributed by atoms with Crippen LogP contribution < -0.4 is 16.0 Å². The Kier molecular flexibility index (Phi) is 22.8. The Hall–Kier alpha value is -4.37. The lowest BCUT2D eigenvalue weighted by atomic mass is 9.90. The third-order valence-corrected chi connectivity index (χ3v) is 14.0. The predicted octanol–water partition coefficient (Wildman–Crippen LogP) is 5.53. The van der Waals surface area contributed by atoms with Crippen LogP contribution >= 0.6 is 0 Å². The highest BCUT2D eigenvalue weighted by atomic mass is 16.5. The molecule has 2 saturated heterocycles. The Balaban J connectivity index is 1.67. The van der Waals surface area contributed by atoms with Crippen LogP contribution in [0.25, 0.3) is 0 Å². The van der Waals surface area contributed by atoms with Crippen molar-refractivity contribution in [1.29, 1.82) is 0 Å². The van der Waals surface area contributed by atoms with E-state index in [2.05, 4.69) is 41.9 Å². The number of ether oxygens (including phenoxy) is 2. The van der Waals surface area contributed by atoms with Crippen molar-refractivity contribution < 1.29 is 43.0 Å². The van der Waals surface area contributed by atoms with Crippen molar-refractivity contribution >= 4 is 41.4 Å². The van der Waals surface area contributed by atoms with Crippen molar-refractivity contribution in [1.82, 2.24) is 30.7 Å². The minimum absolute atomic E-state index is 0.0134. The maximum absolute atomic E-state index is 14.3. The van der Waals surface area contributed by atoms with Crippen molar-refractivity contribution in [2.75, 3.05) is 34.4 Å².